The van der Waals surface area contributed by atoms with Crippen LogP contribution in [0.15, 0.2) is 24.3 Å². The summed E-state index contributed by atoms with van der Waals surface area (Å²) in [6.07, 6.45) is 7.53. The Hall–Kier alpha value is -1.51. The van der Waals surface area contributed by atoms with Crippen molar-refractivity contribution in [2.45, 2.75) is 45.4 Å². The zero-order chi connectivity index (χ0) is 16.5. The fourth-order valence-electron chi connectivity index (χ4n) is 4.90. The van der Waals surface area contributed by atoms with Crippen LogP contribution in [0.1, 0.15) is 44.1 Å². The van der Waals surface area contributed by atoms with Crippen LogP contribution in [0.3, 0.4) is 0 Å². The number of nitrogens with zero attached hydrogens (tertiary/aromatic N) is 1. The second-order valence-corrected chi connectivity index (χ2v) is 8.01. The molecule has 4 rings (SSSR count). The summed E-state index contributed by atoms with van der Waals surface area (Å²) in [6.45, 7) is 4.66. The van der Waals surface area contributed by atoms with E-state index in [9.17, 15) is 4.79 Å². The van der Waals surface area contributed by atoms with E-state index in [1.807, 2.05) is 18.2 Å². The van der Waals surface area contributed by atoms with Crippen molar-refractivity contribution in [3.63, 3.8) is 0 Å². The third kappa shape index (κ3) is 3.18. The molecule has 3 aliphatic rings. The molecule has 130 valence electrons. The van der Waals surface area contributed by atoms with Gasteiger partial charge in [-0.1, -0.05) is 31.0 Å². The maximum absolute atomic E-state index is 12.9. The van der Waals surface area contributed by atoms with Gasteiger partial charge in [0, 0.05) is 24.9 Å². The molecule has 1 aromatic rings. The second-order valence-electron chi connectivity index (χ2n) is 8.01. The Morgan fingerprint density at radius 1 is 1.12 bits per heavy atom. The first-order valence-corrected chi connectivity index (χ1v) is 9.71. The zero-order valence-corrected chi connectivity index (χ0v) is 14.7. The highest BCUT2D eigenvalue weighted by Gasteiger charge is 2.55. The molecule has 0 unspecified atom stereocenters. The molecular weight excluding hydrogens is 298 g/mol. The van der Waals surface area contributed by atoms with Gasteiger partial charge in [-0.2, -0.15) is 0 Å². The van der Waals surface area contributed by atoms with Crippen LogP contribution in [0.5, 0.6) is 5.75 Å². The number of hydrogen-bond donors (Lipinski definition) is 0. The predicted molar refractivity (Wildman–Crippen MR) is 94.9 cm³/mol. The molecule has 2 aliphatic carbocycles. The van der Waals surface area contributed by atoms with Crippen LogP contribution in [0.2, 0.25) is 0 Å². The Kier molecular flexibility index (Phi) is 4.51. The number of hydrogen-bond acceptors (Lipinski definition) is 2. The van der Waals surface area contributed by atoms with Gasteiger partial charge in [0.25, 0.3) is 0 Å². The standard InChI is InChI=1S/C21H29NO2/c1-15-7-2-5-11-19(15)24-14-16-8-6-12-22(13-16)21(23)20-17-9-3-4-10-18(17)20/h2,5,7,11,16-18,20H,3-4,6,8-10,12-14H2,1H3/t16-,17-,18-/m1/s1. The van der Waals surface area contributed by atoms with Crippen LogP contribution < -0.4 is 4.74 Å². The number of carbonyl (C=O) groups is 1. The van der Waals surface area contributed by atoms with Crippen molar-refractivity contribution in [1.82, 2.24) is 4.90 Å². The summed E-state index contributed by atoms with van der Waals surface area (Å²) >= 11 is 0. The van der Waals surface area contributed by atoms with Gasteiger partial charge >= 0.3 is 0 Å². The molecule has 0 spiro atoms. The van der Waals surface area contributed by atoms with E-state index < -0.39 is 0 Å². The summed E-state index contributed by atoms with van der Waals surface area (Å²) in [5.74, 6) is 3.71. The Labute approximate surface area is 145 Å². The number of carbonyl (C=O) groups excluding carboxylic acids is 1. The van der Waals surface area contributed by atoms with Crippen molar-refractivity contribution in [1.29, 1.82) is 0 Å². The number of amides is 1. The molecule has 0 aromatic heterocycles. The number of para-hydroxylation sites is 1. The highest BCUT2D eigenvalue weighted by molar-refractivity contribution is 5.82. The van der Waals surface area contributed by atoms with E-state index in [0.29, 0.717) is 17.7 Å². The molecule has 3 nitrogen and oxygen atoms in total. The molecule has 3 atom stereocenters. The van der Waals surface area contributed by atoms with E-state index in [0.717, 1.165) is 43.7 Å². The number of aryl methyl sites for hydroxylation is 1. The van der Waals surface area contributed by atoms with Crippen LogP contribution in [-0.4, -0.2) is 30.5 Å². The van der Waals surface area contributed by atoms with E-state index >= 15 is 0 Å². The lowest BCUT2D eigenvalue weighted by atomic mass is 9.98. The molecule has 24 heavy (non-hydrogen) atoms. The van der Waals surface area contributed by atoms with Crippen molar-refractivity contribution in [3.8, 4) is 5.75 Å². The smallest absolute Gasteiger partial charge is 0.226 e. The Morgan fingerprint density at radius 3 is 2.62 bits per heavy atom. The summed E-state index contributed by atoms with van der Waals surface area (Å²) in [4.78, 5) is 15.0. The van der Waals surface area contributed by atoms with E-state index in [1.165, 1.54) is 37.7 Å². The number of ether oxygens (including phenoxy) is 1. The van der Waals surface area contributed by atoms with Crippen molar-refractivity contribution < 1.29 is 9.53 Å². The predicted octanol–water partition coefficient (Wildman–Crippen LogP) is 4.05. The van der Waals surface area contributed by atoms with Gasteiger partial charge in [0.05, 0.1) is 6.61 Å². The number of likely N-dealkylation sites (tertiary alicyclic amines) is 1. The third-order valence-corrected chi connectivity index (χ3v) is 6.34. The highest BCUT2D eigenvalue weighted by atomic mass is 16.5. The van der Waals surface area contributed by atoms with Gasteiger partial charge in [0.2, 0.25) is 5.91 Å². The van der Waals surface area contributed by atoms with Gasteiger partial charge in [-0.05, 0) is 56.1 Å². The molecule has 1 saturated heterocycles. The maximum Gasteiger partial charge on any atom is 0.226 e. The molecule has 2 saturated carbocycles. The maximum atomic E-state index is 12.9. The average molecular weight is 327 g/mol. The van der Waals surface area contributed by atoms with Gasteiger partial charge in [0.1, 0.15) is 5.75 Å². The largest absolute Gasteiger partial charge is 0.493 e. The zero-order valence-electron chi connectivity index (χ0n) is 14.7. The van der Waals surface area contributed by atoms with Crippen LogP contribution in [-0.2, 0) is 4.79 Å². The minimum absolute atomic E-state index is 0.364. The molecule has 1 heterocycles. The molecule has 3 heteroatoms. The number of fused-ring (bicyclic) bond motifs is 1. The molecule has 3 fully saturated rings. The van der Waals surface area contributed by atoms with Gasteiger partial charge in [-0.25, -0.2) is 0 Å². The fourth-order valence-corrected chi connectivity index (χ4v) is 4.90. The van der Waals surface area contributed by atoms with E-state index in [2.05, 4.69) is 17.9 Å². The summed E-state index contributed by atoms with van der Waals surface area (Å²) in [7, 11) is 0. The lowest BCUT2D eigenvalue weighted by Gasteiger charge is -2.33. The quantitative estimate of drug-likeness (QED) is 0.835. The van der Waals surface area contributed by atoms with Crippen molar-refractivity contribution in [3.05, 3.63) is 29.8 Å². The van der Waals surface area contributed by atoms with Gasteiger partial charge in [-0.3, -0.25) is 4.79 Å². The number of rotatable bonds is 4. The lowest BCUT2D eigenvalue weighted by molar-refractivity contribution is -0.135. The summed E-state index contributed by atoms with van der Waals surface area (Å²) in [5, 5.41) is 0. The van der Waals surface area contributed by atoms with Crippen molar-refractivity contribution in [2.75, 3.05) is 19.7 Å². The highest BCUT2D eigenvalue weighted by Crippen LogP contribution is 2.56. The summed E-state index contributed by atoms with van der Waals surface area (Å²) < 4.78 is 6.04. The van der Waals surface area contributed by atoms with Gasteiger partial charge in [0.15, 0.2) is 0 Å². The first-order valence-electron chi connectivity index (χ1n) is 9.71. The second kappa shape index (κ2) is 6.78. The summed E-state index contributed by atoms with van der Waals surface area (Å²) in [5.41, 5.74) is 1.18. The molecule has 0 bridgehead atoms. The van der Waals surface area contributed by atoms with Crippen molar-refractivity contribution in [2.24, 2.45) is 23.7 Å². The van der Waals surface area contributed by atoms with Crippen LogP contribution in [0.25, 0.3) is 0 Å². The Balaban J connectivity index is 1.31. The molecule has 0 radical (unpaired) electrons. The molecular formula is C21H29NO2. The topological polar surface area (TPSA) is 29.5 Å². The van der Waals surface area contributed by atoms with Crippen molar-refractivity contribution >= 4 is 5.91 Å². The SMILES string of the molecule is Cc1ccccc1OC[C@@H]1CCCN(C(=O)C2[C@@H]3CCCC[C@@H]23)C1. The minimum atomic E-state index is 0.364. The molecule has 1 amide bonds. The number of benzene rings is 1. The summed E-state index contributed by atoms with van der Waals surface area (Å²) in [6, 6.07) is 8.18. The molecule has 1 aromatic carbocycles. The minimum Gasteiger partial charge on any atom is -0.493 e. The fraction of sp³-hybridized carbons (Fsp3) is 0.667. The Bertz CT molecular complexity index is 587. The first-order chi connectivity index (χ1) is 11.7. The first kappa shape index (κ1) is 16.0. The number of piperidine rings is 1. The van der Waals surface area contributed by atoms with Crippen LogP contribution in [0, 0.1) is 30.6 Å². The van der Waals surface area contributed by atoms with Crippen LogP contribution in [0.4, 0.5) is 0 Å². The van der Waals surface area contributed by atoms with E-state index in [-0.39, 0.29) is 0 Å². The monoisotopic (exact) mass is 327 g/mol. The van der Waals surface area contributed by atoms with Gasteiger partial charge in [-0.15, -0.1) is 0 Å². The van der Waals surface area contributed by atoms with Gasteiger partial charge < -0.3 is 9.64 Å². The molecule has 1 aliphatic heterocycles. The van der Waals surface area contributed by atoms with Crippen LogP contribution >= 0.6 is 0 Å². The normalized spacial score (nSPS) is 32.1. The Morgan fingerprint density at radius 2 is 1.88 bits per heavy atom. The lowest BCUT2D eigenvalue weighted by Crippen LogP contribution is -2.42. The third-order valence-electron chi connectivity index (χ3n) is 6.34. The average Bonchev–Trinajstić information content (AvgIpc) is 3.35. The van der Waals surface area contributed by atoms with E-state index in [1.54, 1.807) is 0 Å². The molecule has 0 N–H and O–H groups in total. The van der Waals surface area contributed by atoms with E-state index in [4.69, 9.17) is 4.74 Å².